The third kappa shape index (κ3) is 9.91. The van der Waals surface area contributed by atoms with Crippen LogP contribution in [0.25, 0.3) is 0 Å². The molecular formula is C27H45N5O5. The Labute approximate surface area is 220 Å². The van der Waals surface area contributed by atoms with Crippen LogP contribution in [0.5, 0.6) is 0 Å². The molecule has 1 aliphatic carbocycles. The standard InChI is InChI=1S/C27H45N5O5/c1-20(2)13-14-24(33)32(23(27(36)29-37)12-8-11-22-9-6-5-7-10-22)31(18-21(3)4)26(35)17-25(34)30-16-15-28-19-30/h15-16,19-23,37H,5-14,17-18H2,1-4H3,(H,29,36)/t23-/m0/s1. The summed E-state index contributed by atoms with van der Waals surface area (Å²) in [5.41, 5.74) is 1.71. The fraction of sp³-hybridized carbons (Fsp3) is 0.741. The summed E-state index contributed by atoms with van der Waals surface area (Å²) in [6, 6.07) is -1.06. The first-order valence-electron chi connectivity index (χ1n) is 13.7. The van der Waals surface area contributed by atoms with Crippen molar-refractivity contribution >= 4 is 23.6 Å². The average Bonchev–Trinajstić information content (AvgIpc) is 3.41. The van der Waals surface area contributed by atoms with Gasteiger partial charge >= 0.3 is 0 Å². The smallest absolute Gasteiger partial charge is 0.268 e. The Kier molecular flexibility index (Phi) is 12.8. The van der Waals surface area contributed by atoms with E-state index in [0.29, 0.717) is 25.2 Å². The molecule has 0 bridgehead atoms. The van der Waals surface area contributed by atoms with Crippen LogP contribution in [0.3, 0.4) is 0 Å². The Bertz CT molecular complexity index is 865. The van der Waals surface area contributed by atoms with Crippen LogP contribution in [-0.4, -0.2) is 61.0 Å². The summed E-state index contributed by atoms with van der Waals surface area (Å²) in [6.45, 7) is 7.96. The van der Waals surface area contributed by atoms with Gasteiger partial charge in [-0.3, -0.25) is 34.0 Å². The van der Waals surface area contributed by atoms with Crippen LogP contribution < -0.4 is 5.48 Å². The molecule has 1 aliphatic rings. The molecule has 3 amide bonds. The highest BCUT2D eigenvalue weighted by atomic mass is 16.5. The van der Waals surface area contributed by atoms with Gasteiger partial charge in [0.25, 0.3) is 11.8 Å². The Hall–Kier alpha value is -2.75. The number of nitrogens with zero attached hydrogens (tertiary/aromatic N) is 4. The summed E-state index contributed by atoms with van der Waals surface area (Å²) >= 11 is 0. The molecule has 1 heterocycles. The number of carbonyl (C=O) groups excluding carboxylic acids is 4. The van der Waals surface area contributed by atoms with Crippen molar-refractivity contribution in [2.45, 2.75) is 104 Å². The van der Waals surface area contributed by atoms with Crippen LogP contribution in [0.15, 0.2) is 18.7 Å². The summed E-state index contributed by atoms with van der Waals surface area (Å²) in [5.74, 6) is -1.35. The Morgan fingerprint density at radius 2 is 1.73 bits per heavy atom. The molecule has 1 aromatic rings. The van der Waals surface area contributed by atoms with Crippen LogP contribution in [0.1, 0.15) is 103 Å². The molecule has 1 atom stereocenters. The minimum absolute atomic E-state index is 0.0345. The third-order valence-corrected chi connectivity index (χ3v) is 6.89. The van der Waals surface area contributed by atoms with Gasteiger partial charge in [-0.25, -0.2) is 15.5 Å². The van der Waals surface area contributed by atoms with E-state index < -0.39 is 30.2 Å². The van der Waals surface area contributed by atoms with Gasteiger partial charge in [0.1, 0.15) is 18.8 Å². The summed E-state index contributed by atoms with van der Waals surface area (Å²) < 4.78 is 1.22. The maximum absolute atomic E-state index is 13.6. The molecule has 0 spiro atoms. The summed E-state index contributed by atoms with van der Waals surface area (Å²) in [4.78, 5) is 56.5. The van der Waals surface area contributed by atoms with Gasteiger partial charge in [-0.15, -0.1) is 0 Å². The number of amides is 3. The second-order valence-electron chi connectivity index (χ2n) is 11.0. The zero-order valence-electron chi connectivity index (χ0n) is 22.9. The maximum Gasteiger partial charge on any atom is 0.268 e. The van der Waals surface area contributed by atoms with Crippen LogP contribution in [-0.2, 0) is 14.4 Å². The molecule has 0 aromatic carbocycles. The van der Waals surface area contributed by atoms with E-state index in [9.17, 15) is 24.4 Å². The number of nitrogens with one attached hydrogen (secondary N) is 1. The van der Waals surface area contributed by atoms with E-state index in [1.54, 1.807) is 5.48 Å². The first kappa shape index (κ1) is 30.5. The Morgan fingerprint density at radius 1 is 1.03 bits per heavy atom. The van der Waals surface area contributed by atoms with Gasteiger partial charge < -0.3 is 0 Å². The van der Waals surface area contributed by atoms with Crippen molar-refractivity contribution in [1.82, 2.24) is 25.0 Å². The normalized spacial score (nSPS) is 15.0. The topological polar surface area (TPSA) is 125 Å². The molecule has 0 saturated heterocycles. The molecule has 0 unspecified atom stereocenters. The van der Waals surface area contributed by atoms with Gasteiger partial charge in [0, 0.05) is 25.4 Å². The van der Waals surface area contributed by atoms with E-state index in [1.807, 2.05) is 27.7 Å². The van der Waals surface area contributed by atoms with E-state index >= 15 is 0 Å². The molecule has 10 heteroatoms. The van der Waals surface area contributed by atoms with E-state index in [2.05, 4.69) is 4.98 Å². The molecule has 208 valence electrons. The molecule has 1 saturated carbocycles. The highest BCUT2D eigenvalue weighted by Crippen LogP contribution is 2.29. The Balaban J connectivity index is 2.32. The van der Waals surface area contributed by atoms with Gasteiger partial charge in [0.15, 0.2) is 0 Å². The quantitative estimate of drug-likeness (QED) is 0.229. The van der Waals surface area contributed by atoms with Gasteiger partial charge in [-0.2, -0.15) is 0 Å². The highest BCUT2D eigenvalue weighted by Gasteiger charge is 2.37. The molecule has 0 aliphatic heterocycles. The van der Waals surface area contributed by atoms with Crippen molar-refractivity contribution in [3.63, 3.8) is 0 Å². The minimum atomic E-state index is -1.06. The van der Waals surface area contributed by atoms with Crippen molar-refractivity contribution in [3.8, 4) is 0 Å². The number of carbonyl (C=O) groups is 4. The van der Waals surface area contributed by atoms with Crippen LogP contribution >= 0.6 is 0 Å². The number of hydrogen-bond acceptors (Lipinski definition) is 6. The summed E-state index contributed by atoms with van der Waals surface area (Å²) in [6.07, 6.45) is 12.4. The monoisotopic (exact) mass is 519 g/mol. The van der Waals surface area contributed by atoms with Crippen molar-refractivity contribution in [2.24, 2.45) is 17.8 Å². The fourth-order valence-electron chi connectivity index (χ4n) is 4.89. The van der Waals surface area contributed by atoms with Gasteiger partial charge in [-0.05, 0) is 30.6 Å². The number of rotatable bonds is 13. The number of imidazole rings is 1. The van der Waals surface area contributed by atoms with Crippen LogP contribution in [0.2, 0.25) is 0 Å². The lowest BCUT2D eigenvalue weighted by Gasteiger charge is -2.40. The minimum Gasteiger partial charge on any atom is -0.289 e. The van der Waals surface area contributed by atoms with Crippen molar-refractivity contribution in [3.05, 3.63) is 18.7 Å². The molecule has 37 heavy (non-hydrogen) atoms. The first-order chi connectivity index (χ1) is 17.6. The third-order valence-electron chi connectivity index (χ3n) is 6.89. The molecule has 1 fully saturated rings. The zero-order valence-corrected chi connectivity index (χ0v) is 22.9. The van der Waals surface area contributed by atoms with E-state index in [0.717, 1.165) is 6.42 Å². The zero-order chi connectivity index (χ0) is 27.4. The summed E-state index contributed by atoms with van der Waals surface area (Å²) in [7, 11) is 0. The molecule has 10 nitrogen and oxygen atoms in total. The average molecular weight is 520 g/mol. The molecule has 1 aromatic heterocycles. The second kappa shape index (κ2) is 15.5. The van der Waals surface area contributed by atoms with E-state index in [-0.39, 0.29) is 30.7 Å². The fourth-order valence-corrected chi connectivity index (χ4v) is 4.89. The predicted molar refractivity (Wildman–Crippen MR) is 139 cm³/mol. The number of hydroxylamine groups is 1. The lowest BCUT2D eigenvalue weighted by Crippen LogP contribution is -2.60. The van der Waals surface area contributed by atoms with Crippen molar-refractivity contribution in [1.29, 1.82) is 0 Å². The first-order valence-corrected chi connectivity index (χ1v) is 13.7. The Morgan fingerprint density at radius 3 is 2.30 bits per heavy atom. The van der Waals surface area contributed by atoms with Gasteiger partial charge in [0.05, 0.1) is 0 Å². The number of hydrazine groups is 1. The molecule has 2 N–H and O–H groups in total. The van der Waals surface area contributed by atoms with E-state index in [1.165, 1.54) is 65.4 Å². The summed E-state index contributed by atoms with van der Waals surface area (Å²) in [5, 5.41) is 12.0. The number of hydrogen-bond donors (Lipinski definition) is 2. The van der Waals surface area contributed by atoms with Crippen LogP contribution in [0.4, 0.5) is 0 Å². The second-order valence-corrected chi connectivity index (χ2v) is 11.0. The van der Waals surface area contributed by atoms with Gasteiger partial charge in [-0.1, -0.05) is 72.6 Å². The van der Waals surface area contributed by atoms with E-state index in [4.69, 9.17) is 0 Å². The SMILES string of the molecule is CC(C)CCC(=O)N([C@@H](CCCC1CCCCC1)C(=O)NO)N(CC(C)C)C(=O)CC(=O)n1ccnc1. The van der Waals surface area contributed by atoms with Crippen LogP contribution in [0, 0.1) is 17.8 Å². The van der Waals surface area contributed by atoms with Crippen molar-refractivity contribution < 1.29 is 24.4 Å². The molecule has 0 radical (unpaired) electrons. The molecular weight excluding hydrogens is 474 g/mol. The lowest BCUT2D eigenvalue weighted by atomic mass is 9.85. The number of aromatic nitrogens is 2. The largest absolute Gasteiger partial charge is 0.289 e. The van der Waals surface area contributed by atoms with Crippen molar-refractivity contribution in [2.75, 3.05) is 6.54 Å². The predicted octanol–water partition coefficient (Wildman–Crippen LogP) is 4.20. The maximum atomic E-state index is 13.6. The highest BCUT2D eigenvalue weighted by molar-refractivity contribution is 5.99. The molecule has 2 rings (SSSR count). The van der Waals surface area contributed by atoms with Gasteiger partial charge in [0.2, 0.25) is 11.8 Å². The lowest BCUT2D eigenvalue weighted by molar-refractivity contribution is -0.175.